The molecule has 4 heterocycles. The number of aromatic nitrogens is 4. The zero-order valence-electron chi connectivity index (χ0n) is 15.0. The van der Waals surface area contributed by atoms with E-state index in [1.807, 2.05) is 23.1 Å². The molecule has 0 N–H and O–H groups in total. The van der Waals surface area contributed by atoms with Crippen molar-refractivity contribution in [2.45, 2.75) is 18.2 Å². The summed E-state index contributed by atoms with van der Waals surface area (Å²) < 4.78 is 7.78. The lowest BCUT2D eigenvalue weighted by atomic mass is 10.3. The second-order valence-corrected chi connectivity index (χ2v) is 9.09. The maximum Gasteiger partial charge on any atom is 0.233 e. The van der Waals surface area contributed by atoms with Crippen LogP contribution in [0.15, 0.2) is 40.1 Å². The Morgan fingerprint density at radius 2 is 2.07 bits per heavy atom. The van der Waals surface area contributed by atoms with Crippen LogP contribution in [0.5, 0.6) is 0 Å². The standard InChI is InChI=1S/C17H19ClN6O2S2/c18-15-4-3-14(28-15)11-22-5-7-23(8-6-22)16(25)12-27-17-19-20-21-24(17)10-13-2-1-9-26-13/h1-4,9H,5-8,10-12H2. The number of furan rings is 1. The van der Waals surface area contributed by atoms with Crippen LogP contribution < -0.4 is 0 Å². The number of hydrogen-bond donors (Lipinski definition) is 0. The van der Waals surface area contributed by atoms with Gasteiger partial charge in [0.05, 0.1) is 16.4 Å². The van der Waals surface area contributed by atoms with Crippen molar-refractivity contribution in [2.75, 3.05) is 31.9 Å². The summed E-state index contributed by atoms with van der Waals surface area (Å²) in [4.78, 5) is 18.1. The van der Waals surface area contributed by atoms with Crippen molar-refractivity contribution in [1.29, 1.82) is 0 Å². The summed E-state index contributed by atoms with van der Waals surface area (Å²) in [7, 11) is 0. The van der Waals surface area contributed by atoms with E-state index in [1.165, 1.54) is 16.6 Å². The van der Waals surface area contributed by atoms with Crippen LogP contribution in [-0.4, -0.2) is 67.8 Å². The Labute approximate surface area is 175 Å². The predicted octanol–water partition coefficient (Wildman–Crippen LogP) is 2.47. The summed E-state index contributed by atoms with van der Waals surface area (Å²) in [6.07, 6.45) is 1.61. The minimum Gasteiger partial charge on any atom is -0.467 e. The highest BCUT2D eigenvalue weighted by atomic mass is 35.5. The fourth-order valence-corrected chi connectivity index (χ4v) is 4.89. The van der Waals surface area contributed by atoms with E-state index >= 15 is 0 Å². The molecule has 28 heavy (non-hydrogen) atoms. The molecule has 1 amide bonds. The average molecular weight is 439 g/mol. The third-order valence-electron chi connectivity index (χ3n) is 4.44. The van der Waals surface area contributed by atoms with Gasteiger partial charge < -0.3 is 9.32 Å². The molecule has 148 valence electrons. The van der Waals surface area contributed by atoms with E-state index in [9.17, 15) is 4.79 Å². The number of piperazine rings is 1. The molecule has 3 aromatic rings. The van der Waals surface area contributed by atoms with Gasteiger partial charge >= 0.3 is 0 Å². The largest absolute Gasteiger partial charge is 0.467 e. The number of amides is 1. The molecule has 0 aliphatic carbocycles. The Hall–Kier alpha value is -1.88. The fourth-order valence-electron chi connectivity index (χ4n) is 2.98. The lowest BCUT2D eigenvalue weighted by molar-refractivity contribution is -0.130. The second-order valence-electron chi connectivity index (χ2n) is 6.35. The summed E-state index contributed by atoms with van der Waals surface area (Å²) in [5.74, 6) is 1.19. The summed E-state index contributed by atoms with van der Waals surface area (Å²) >= 11 is 8.95. The van der Waals surface area contributed by atoms with Crippen molar-refractivity contribution in [3.05, 3.63) is 45.5 Å². The van der Waals surface area contributed by atoms with Gasteiger partial charge in [0.2, 0.25) is 11.1 Å². The topological polar surface area (TPSA) is 80.3 Å². The highest BCUT2D eigenvalue weighted by Gasteiger charge is 2.22. The minimum absolute atomic E-state index is 0.108. The Morgan fingerprint density at radius 3 is 2.79 bits per heavy atom. The number of thiophene rings is 1. The van der Waals surface area contributed by atoms with Crippen molar-refractivity contribution < 1.29 is 9.21 Å². The summed E-state index contributed by atoms with van der Waals surface area (Å²) in [6.45, 7) is 4.52. The van der Waals surface area contributed by atoms with E-state index in [0.29, 0.717) is 17.5 Å². The third kappa shape index (κ3) is 4.93. The van der Waals surface area contributed by atoms with Crippen molar-refractivity contribution in [3.63, 3.8) is 0 Å². The second kappa shape index (κ2) is 9.08. The van der Waals surface area contributed by atoms with Gasteiger partial charge in [0.25, 0.3) is 0 Å². The molecule has 0 bridgehead atoms. The van der Waals surface area contributed by atoms with E-state index in [2.05, 4.69) is 26.5 Å². The molecule has 0 unspecified atom stereocenters. The Bertz CT molecular complexity index is 905. The summed E-state index contributed by atoms with van der Waals surface area (Å²) in [5.41, 5.74) is 0. The maximum atomic E-state index is 12.6. The summed E-state index contributed by atoms with van der Waals surface area (Å²) in [6, 6.07) is 7.68. The zero-order valence-corrected chi connectivity index (χ0v) is 17.4. The first kappa shape index (κ1) is 19.4. The lowest BCUT2D eigenvalue weighted by Crippen LogP contribution is -2.48. The summed E-state index contributed by atoms with van der Waals surface area (Å²) in [5, 5.41) is 12.3. The monoisotopic (exact) mass is 438 g/mol. The fraction of sp³-hybridized carbons (Fsp3) is 0.412. The van der Waals surface area contributed by atoms with Gasteiger partial charge in [0, 0.05) is 37.6 Å². The van der Waals surface area contributed by atoms with Crippen molar-refractivity contribution in [1.82, 2.24) is 30.0 Å². The number of tetrazole rings is 1. The van der Waals surface area contributed by atoms with Crippen LogP contribution in [0.2, 0.25) is 4.34 Å². The minimum atomic E-state index is 0.108. The molecule has 1 saturated heterocycles. The number of nitrogens with zero attached hydrogens (tertiary/aromatic N) is 6. The van der Waals surface area contributed by atoms with Crippen LogP contribution in [0, 0.1) is 0 Å². The molecule has 0 saturated carbocycles. The first-order valence-electron chi connectivity index (χ1n) is 8.83. The quantitative estimate of drug-likeness (QED) is 0.524. The molecule has 1 aliphatic rings. The van der Waals surface area contributed by atoms with Crippen LogP contribution in [-0.2, 0) is 17.9 Å². The molecular formula is C17H19ClN6O2S2. The number of rotatable bonds is 7. The van der Waals surface area contributed by atoms with E-state index in [4.69, 9.17) is 16.0 Å². The van der Waals surface area contributed by atoms with Crippen LogP contribution in [0.4, 0.5) is 0 Å². The van der Waals surface area contributed by atoms with Gasteiger partial charge in [0.15, 0.2) is 0 Å². The number of halogens is 1. The first-order chi connectivity index (χ1) is 13.7. The van der Waals surface area contributed by atoms with E-state index in [0.717, 1.165) is 42.8 Å². The Morgan fingerprint density at radius 1 is 1.21 bits per heavy atom. The zero-order chi connectivity index (χ0) is 19.3. The van der Waals surface area contributed by atoms with Gasteiger partial charge in [-0.1, -0.05) is 23.4 Å². The van der Waals surface area contributed by atoms with Crippen LogP contribution >= 0.6 is 34.7 Å². The normalized spacial score (nSPS) is 15.2. The van der Waals surface area contributed by atoms with Crippen LogP contribution in [0.25, 0.3) is 0 Å². The molecule has 3 aromatic heterocycles. The molecule has 0 aromatic carbocycles. The van der Waals surface area contributed by atoms with Crippen LogP contribution in [0.3, 0.4) is 0 Å². The van der Waals surface area contributed by atoms with Gasteiger partial charge in [-0.2, -0.15) is 0 Å². The average Bonchev–Trinajstić information content (AvgIpc) is 3.44. The van der Waals surface area contributed by atoms with Gasteiger partial charge in [-0.3, -0.25) is 9.69 Å². The number of carbonyl (C=O) groups is 1. The van der Waals surface area contributed by atoms with Gasteiger partial charge in [-0.05, 0) is 34.7 Å². The van der Waals surface area contributed by atoms with E-state index < -0.39 is 0 Å². The van der Waals surface area contributed by atoms with Gasteiger partial charge in [-0.15, -0.1) is 16.4 Å². The SMILES string of the molecule is O=C(CSc1nnnn1Cc1ccco1)N1CCN(Cc2ccc(Cl)s2)CC1. The number of thioether (sulfide) groups is 1. The molecule has 0 spiro atoms. The van der Waals surface area contributed by atoms with E-state index in [-0.39, 0.29) is 5.91 Å². The molecular weight excluding hydrogens is 420 g/mol. The predicted molar refractivity (Wildman–Crippen MR) is 108 cm³/mol. The molecule has 11 heteroatoms. The maximum absolute atomic E-state index is 12.6. The first-order valence-corrected chi connectivity index (χ1v) is 11.0. The Balaban J connectivity index is 1.23. The molecule has 1 fully saturated rings. The third-order valence-corrected chi connectivity index (χ3v) is 6.60. The number of hydrogen-bond acceptors (Lipinski definition) is 8. The van der Waals surface area contributed by atoms with Crippen molar-refractivity contribution in [2.24, 2.45) is 0 Å². The molecule has 4 rings (SSSR count). The molecule has 1 aliphatic heterocycles. The highest BCUT2D eigenvalue weighted by molar-refractivity contribution is 7.99. The Kier molecular flexibility index (Phi) is 6.30. The van der Waals surface area contributed by atoms with E-state index in [1.54, 1.807) is 22.3 Å². The van der Waals surface area contributed by atoms with Crippen LogP contribution in [0.1, 0.15) is 10.6 Å². The number of carbonyl (C=O) groups excluding carboxylic acids is 1. The molecule has 0 atom stereocenters. The van der Waals surface area contributed by atoms with Crippen molar-refractivity contribution in [3.8, 4) is 0 Å². The lowest BCUT2D eigenvalue weighted by Gasteiger charge is -2.34. The van der Waals surface area contributed by atoms with Gasteiger partial charge in [0.1, 0.15) is 12.3 Å². The highest BCUT2D eigenvalue weighted by Crippen LogP contribution is 2.23. The molecule has 8 nitrogen and oxygen atoms in total. The molecule has 0 radical (unpaired) electrons. The smallest absolute Gasteiger partial charge is 0.233 e. The van der Waals surface area contributed by atoms with Crippen molar-refractivity contribution >= 4 is 40.6 Å². The van der Waals surface area contributed by atoms with Gasteiger partial charge in [-0.25, -0.2) is 4.68 Å².